The van der Waals surface area contributed by atoms with E-state index in [1.807, 2.05) is 24.3 Å². The van der Waals surface area contributed by atoms with Crippen molar-refractivity contribution in [2.75, 3.05) is 11.9 Å². The molecule has 0 amide bonds. The Morgan fingerprint density at radius 2 is 2.05 bits per heavy atom. The van der Waals surface area contributed by atoms with Gasteiger partial charge in [0, 0.05) is 12.1 Å². The van der Waals surface area contributed by atoms with Crippen LogP contribution in [-0.4, -0.2) is 27.7 Å². The lowest BCUT2D eigenvalue weighted by Gasteiger charge is -2.13. The zero-order chi connectivity index (χ0) is 15.9. The number of aromatic nitrogens is 2. The summed E-state index contributed by atoms with van der Waals surface area (Å²) in [7, 11) is 0. The second kappa shape index (κ2) is 7.40. The smallest absolute Gasteiger partial charge is 0.356 e. The third-order valence-corrected chi connectivity index (χ3v) is 2.88. The lowest BCUT2D eigenvalue weighted by atomic mass is 10.2. The van der Waals surface area contributed by atoms with Gasteiger partial charge in [0.2, 0.25) is 0 Å². The minimum absolute atomic E-state index is 0.0776. The molecule has 6 nitrogen and oxygen atoms in total. The highest BCUT2D eigenvalue weighted by molar-refractivity contribution is 5.84. The normalized spacial score (nSPS) is 10.5. The maximum absolute atomic E-state index is 10.7. The Bertz CT molecular complexity index is 627. The van der Waals surface area contributed by atoms with Gasteiger partial charge in [-0.3, -0.25) is 0 Å². The number of benzene rings is 1. The number of carboxylic acid groups (broad SMARTS) is 1. The first-order valence-corrected chi connectivity index (χ1v) is 7.06. The monoisotopic (exact) mass is 301 g/mol. The number of nitrogens with one attached hydrogen (secondary N) is 1. The molecule has 2 aromatic rings. The SMILES string of the molecule is CC(C)COc1ccccc1CNc1cnc(C(=O)O)cn1. The Hall–Kier alpha value is -2.63. The molecule has 0 atom stereocenters. The standard InChI is InChI=1S/C16H19N3O3/c1-11(2)10-22-14-6-4-3-5-12(14)7-18-15-9-17-13(8-19-15)16(20)21/h3-6,8-9,11H,7,10H2,1-2H3,(H,18,19)(H,20,21). The first-order chi connectivity index (χ1) is 10.6. The summed E-state index contributed by atoms with van der Waals surface area (Å²) in [6.45, 7) is 5.38. The van der Waals surface area contributed by atoms with E-state index in [1.165, 1.54) is 12.4 Å². The Balaban J connectivity index is 2.00. The summed E-state index contributed by atoms with van der Waals surface area (Å²) in [5.74, 6) is 0.712. The van der Waals surface area contributed by atoms with Crippen molar-refractivity contribution in [3.63, 3.8) is 0 Å². The number of nitrogens with zero attached hydrogens (tertiary/aromatic N) is 2. The van der Waals surface area contributed by atoms with Crippen molar-refractivity contribution in [1.29, 1.82) is 0 Å². The van der Waals surface area contributed by atoms with Crippen LogP contribution < -0.4 is 10.1 Å². The Labute approximate surface area is 129 Å². The summed E-state index contributed by atoms with van der Waals surface area (Å²) in [6.07, 6.45) is 2.63. The highest BCUT2D eigenvalue weighted by atomic mass is 16.5. The van der Waals surface area contributed by atoms with Crippen LogP contribution in [0, 0.1) is 5.92 Å². The van der Waals surface area contributed by atoms with Gasteiger partial charge in [-0.15, -0.1) is 0 Å². The first kappa shape index (κ1) is 15.8. The molecule has 0 radical (unpaired) electrons. The van der Waals surface area contributed by atoms with Crippen LogP contribution in [0.25, 0.3) is 0 Å². The number of hydrogen-bond acceptors (Lipinski definition) is 5. The number of para-hydroxylation sites is 1. The van der Waals surface area contributed by atoms with Crippen LogP contribution in [0.5, 0.6) is 5.75 Å². The number of aromatic carboxylic acids is 1. The lowest BCUT2D eigenvalue weighted by molar-refractivity contribution is 0.0690. The van der Waals surface area contributed by atoms with Gasteiger partial charge in [-0.2, -0.15) is 0 Å². The van der Waals surface area contributed by atoms with E-state index in [-0.39, 0.29) is 5.69 Å². The fourth-order valence-corrected chi connectivity index (χ4v) is 1.76. The van der Waals surface area contributed by atoms with Gasteiger partial charge in [0.1, 0.15) is 11.6 Å². The van der Waals surface area contributed by atoms with Gasteiger partial charge in [0.25, 0.3) is 0 Å². The van der Waals surface area contributed by atoms with E-state index in [1.54, 1.807) is 0 Å². The van der Waals surface area contributed by atoms with Crippen molar-refractivity contribution in [2.45, 2.75) is 20.4 Å². The number of anilines is 1. The Morgan fingerprint density at radius 3 is 2.68 bits per heavy atom. The number of carbonyl (C=O) groups is 1. The summed E-state index contributed by atoms with van der Waals surface area (Å²) >= 11 is 0. The van der Waals surface area contributed by atoms with Crippen molar-refractivity contribution in [1.82, 2.24) is 9.97 Å². The zero-order valence-electron chi connectivity index (χ0n) is 12.6. The van der Waals surface area contributed by atoms with Crippen molar-refractivity contribution in [2.24, 2.45) is 5.92 Å². The molecule has 0 aliphatic heterocycles. The molecule has 6 heteroatoms. The summed E-state index contributed by atoms with van der Waals surface area (Å²) in [4.78, 5) is 18.6. The lowest BCUT2D eigenvalue weighted by Crippen LogP contribution is -2.09. The van der Waals surface area contributed by atoms with Gasteiger partial charge in [0.05, 0.1) is 19.0 Å². The van der Waals surface area contributed by atoms with Crippen LogP contribution in [0.2, 0.25) is 0 Å². The topological polar surface area (TPSA) is 84.3 Å². The summed E-state index contributed by atoms with van der Waals surface area (Å²) in [5, 5.41) is 11.9. The molecule has 0 unspecified atom stereocenters. The van der Waals surface area contributed by atoms with Crippen LogP contribution in [0.3, 0.4) is 0 Å². The molecular weight excluding hydrogens is 282 g/mol. The van der Waals surface area contributed by atoms with Crippen molar-refractivity contribution in [3.8, 4) is 5.75 Å². The largest absolute Gasteiger partial charge is 0.493 e. The second-order valence-corrected chi connectivity index (χ2v) is 5.26. The highest BCUT2D eigenvalue weighted by Crippen LogP contribution is 2.19. The minimum Gasteiger partial charge on any atom is -0.493 e. The van der Waals surface area contributed by atoms with Gasteiger partial charge >= 0.3 is 5.97 Å². The predicted octanol–water partition coefficient (Wildman–Crippen LogP) is 2.82. The van der Waals surface area contributed by atoms with Crippen molar-refractivity contribution >= 4 is 11.8 Å². The number of hydrogen-bond donors (Lipinski definition) is 2. The van der Waals surface area contributed by atoms with Gasteiger partial charge in [-0.05, 0) is 12.0 Å². The number of carboxylic acids is 1. The molecule has 1 aromatic carbocycles. The van der Waals surface area contributed by atoms with E-state index < -0.39 is 5.97 Å². The van der Waals surface area contributed by atoms with E-state index in [0.29, 0.717) is 24.9 Å². The summed E-state index contributed by atoms with van der Waals surface area (Å²) in [6, 6.07) is 7.78. The van der Waals surface area contributed by atoms with Gasteiger partial charge in [-0.25, -0.2) is 14.8 Å². The van der Waals surface area contributed by atoms with Crippen LogP contribution in [-0.2, 0) is 6.54 Å². The van der Waals surface area contributed by atoms with Gasteiger partial charge < -0.3 is 15.2 Å². The quantitative estimate of drug-likeness (QED) is 0.818. The minimum atomic E-state index is -1.09. The van der Waals surface area contributed by atoms with Gasteiger partial charge in [0.15, 0.2) is 5.69 Å². The summed E-state index contributed by atoms with van der Waals surface area (Å²) < 4.78 is 5.78. The maximum Gasteiger partial charge on any atom is 0.356 e. The van der Waals surface area contributed by atoms with E-state index in [0.717, 1.165) is 11.3 Å². The van der Waals surface area contributed by atoms with E-state index in [2.05, 4.69) is 29.1 Å². The molecule has 0 spiro atoms. The Morgan fingerprint density at radius 1 is 1.27 bits per heavy atom. The maximum atomic E-state index is 10.7. The van der Waals surface area contributed by atoms with Crippen LogP contribution in [0.15, 0.2) is 36.7 Å². The molecule has 0 aliphatic rings. The Kier molecular flexibility index (Phi) is 5.30. The zero-order valence-corrected chi connectivity index (χ0v) is 12.6. The molecular formula is C16H19N3O3. The molecule has 0 fully saturated rings. The molecule has 1 aromatic heterocycles. The molecule has 0 bridgehead atoms. The van der Waals surface area contributed by atoms with Crippen LogP contribution in [0.1, 0.15) is 29.9 Å². The third-order valence-electron chi connectivity index (χ3n) is 2.88. The fraction of sp³-hybridized carbons (Fsp3) is 0.312. The first-order valence-electron chi connectivity index (χ1n) is 7.06. The highest BCUT2D eigenvalue weighted by Gasteiger charge is 2.07. The van der Waals surface area contributed by atoms with E-state index in [4.69, 9.17) is 9.84 Å². The second-order valence-electron chi connectivity index (χ2n) is 5.26. The molecule has 1 heterocycles. The molecule has 0 saturated heterocycles. The van der Waals surface area contributed by atoms with E-state index >= 15 is 0 Å². The predicted molar refractivity (Wildman–Crippen MR) is 83.1 cm³/mol. The summed E-state index contributed by atoms with van der Waals surface area (Å²) in [5.41, 5.74) is 0.929. The molecule has 2 N–H and O–H groups in total. The fourth-order valence-electron chi connectivity index (χ4n) is 1.76. The van der Waals surface area contributed by atoms with Gasteiger partial charge in [-0.1, -0.05) is 32.0 Å². The molecule has 0 saturated carbocycles. The number of ether oxygens (including phenoxy) is 1. The average molecular weight is 301 g/mol. The van der Waals surface area contributed by atoms with Crippen molar-refractivity contribution < 1.29 is 14.6 Å². The molecule has 22 heavy (non-hydrogen) atoms. The molecule has 0 aliphatic carbocycles. The number of rotatable bonds is 7. The molecule has 2 rings (SSSR count). The van der Waals surface area contributed by atoms with Crippen molar-refractivity contribution in [3.05, 3.63) is 47.9 Å². The third kappa shape index (κ3) is 4.44. The van der Waals surface area contributed by atoms with Crippen LogP contribution >= 0.6 is 0 Å². The van der Waals surface area contributed by atoms with E-state index in [9.17, 15) is 4.79 Å². The average Bonchev–Trinajstić information content (AvgIpc) is 2.52. The molecule has 116 valence electrons. The van der Waals surface area contributed by atoms with Crippen LogP contribution in [0.4, 0.5) is 5.82 Å².